The van der Waals surface area contributed by atoms with Crippen LogP contribution in [0, 0.1) is 5.82 Å². The molecule has 2 aromatic heterocycles. The molecule has 0 spiro atoms. The lowest BCUT2D eigenvalue weighted by Crippen LogP contribution is -2.33. The lowest BCUT2D eigenvalue weighted by molar-refractivity contribution is -0.119. The molecule has 1 saturated heterocycles. The maximum absolute atomic E-state index is 15.0. The van der Waals surface area contributed by atoms with Crippen LogP contribution in [0.15, 0.2) is 42.7 Å². The third kappa shape index (κ3) is 4.25. The van der Waals surface area contributed by atoms with Gasteiger partial charge in [-0.1, -0.05) is 0 Å². The molecule has 4 rings (SSSR count). The number of rotatable bonds is 6. The summed E-state index contributed by atoms with van der Waals surface area (Å²) in [6, 6.07) is 7.84. The van der Waals surface area contributed by atoms with Crippen molar-refractivity contribution in [2.75, 3.05) is 24.6 Å². The SMILES string of the molecule is CCOC(=O)c1cn2cc(-c3ccc(N4CC(CNC(C)=O)OC4=O)cc3F)ccc2n1. The van der Waals surface area contributed by atoms with Crippen LogP contribution in [-0.4, -0.2) is 53.2 Å². The number of anilines is 1. The first-order valence-electron chi connectivity index (χ1n) is 10.0. The minimum atomic E-state index is -0.598. The van der Waals surface area contributed by atoms with Crippen molar-refractivity contribution < 1.29 is 28.2 Å². The molecule has 166 valence electrons. The topological polar surface area (TPSA) is 102 Å². The minimum absolute atomic E-state index is 0.168. The number of hydrogen-bond donors (Lipinski definition) is 1. The second-order valence-electron chi connectivity index (χ2n) is 7.25. The van der Waals surface area contributed by atoms with E-state index in [0.717, 1.165) is 0 Å². The molecule has 1 aromatic carbocycles. The fourth-order valence-corrected chi connectivity index (χ4v) is 3.46. The number of nitrogens with one attached hydrogen (secondary N) is 1. The van der Waals surface area contributed by atoms with E-state index in [1.54, 1.807) is 41.8 Å². The van der Waals surface area contributed by atoms with Crippen LogP contribution < -0.4 is 10.2 Å². The Hall–Kier alpha value is -3.95. The van der Waals surface area contributed by atoms with Gasteiger partial charge in [0.2, 0.25) is 5.91 Å². The number of aromatic nitrogens is 2. The second kappa shape index (κ2) is 8.66. The summed E-state index contributed by atoms with van der Waals surface area (Å²) in [5.74, 6) is -1.27. The van der Waals surface area contributed by atoms with Crippen LogP contribution >= 0.6 is 0 Å². The molecule has 1 aliphatic rings. The number of halogens is 1. The number of fused-ring (bicyclic) bond motifs is 1. The Bertz CT molecular complexity index is 1210. The van der Waals surface area contributed by atoms with E-state index in [0.29, 0.717) is 22.5 Å². The van der Waals surface area contributed by atoms with Crippen molar-refractivity contribution in [3.8, 4) is 11.1 Å². The van der Waals surface area contributed by atoms with Crippen LogP contribution in [0.2, 0.25) is 0 Å². The Labute approximate surface area is 182 Å². The highest BCUT2D eigenvalue weighted by Crippen LogP contribution is 2.29. The van der Waals surface area contributed by atoms with Gasteiger partial charge in [-0.25, -0.2) is 19.0 Å². The Morgan fingerprint density at radius 3 is 2.81 bits per heavy atom. The van der Waals surface area contributed by atoms with Crippen LogP contribution in [0.5, 0.6) is 0 Å². The Kier molecular flexibility index (Phi) is 5.76. The van der Waals surface area contributed by atoms with E-state index in [9.17, 15) is 18.8 Å². The van der Waals surface area contributed by atoms with Gasteiger partial charge in [-0.2, -0.15) is 0 Å². The van der Waals surface area contributed by atoms with Gasteiger partial charge in [0.1, 0.15) is 17.6 Å². The molecule has 9 nitrogen and oxygen atoms in total. The molecule has 0 saturated carbocycles. The molecule has 2 amide bonds. The molecule has 0 bridgehead atoms. The van der Waals surface area contributed by atoms with Crippen LogP contribution in [0.4, 0.5) is 14.9 Å². The van der Waals surface area contributed by atoms with Crippen molar-refractivity contribution in [2.45, 2.75) is 20.0 Å². The first-order chi connectivity index (χ1) is 15.4. The number of carbonyl (C=O) groups is 3. The zero-order valence-electron chi connectivity index (χ0n) is 17.5. The first-order valence-corrected chi connectivity index (χ1v) is 10.0. The van der Waals surface area contributed by atoms with Gasteiger partial charge in [-0.3, -0.25) is 9.69 Å². The summed E-state index contributed by atoms with van der Waals surface area (Å²) in [5.41, 5.74) is 1.95. The predicted octanol–water partition coefficient (Wildman–Crippen LogP) is 2.78. The molecule has 10 heteroatoms. The quantitative estimate of drug-likeness (QED) is 0.592. The standard InChI is InChI=1S/C22H21FN4O5/c1-3-31-21(29)19-12-26-10-14(4-7-20(26)25-19)17-6-5-15(8-18(17)23)27-11-16(32-22(27)30)9-24-13(2)28/h4-8,10,12,16H,3,9,11H2,1-2H3,(H,24,28). The van der Waals surface area contributed by atoms with Gasteiger partial charge in [0.15, 0.2) is 5.69 Å². The van der Waals surface area contributed by atoms with Crippen LogP contribution in [0.1, 0.15) is 24.3 Å². The summed E-state index contributed by atoms with van der Waals surface area (Å²) in [6.45, 7) is 3.73. The molecule has 1 fully saturated rings. The number of carbonyl (C=O) groups excluding carboxylic acids is 3. The van der Waals surface area contributed by atoms with Gasteiger partial charge >= 0.3 is 12.1 Å². The van der Waals surface area contributed by atoms with E-state index >= 15 is 0 Å². The molecule has 1 atom stereocenters. The van der Waals surface area contributed by atoms with E-state index in [1.807, 2.05) is 0 Å². The van der Waals surface area contributed by atoms with Crippen molar-refractivity contribution in [2.24, 2.45) is 0 Å². The van der Waals surface area contributed by atoms with E-state index in [2.05, 4.69) is 10.3 Å². The summed E-state index contributed by atoms with van der Waals surface area (Å²) in [6.07, 6.45) is 2.08. The highest BCUT2D eigenvalue weighted by molar-refractivity contribution is 5.90. The van der Waals surface area contributed by atoms with Gasteiger partial charge in [-0.05, 0) is 37.3 Å². The maximum Gasteiger partial charge on any atom is 0.414 e. The summed E-state index contributed by atoms with van der Waals surface area (Å²) in [4.78, 5) is 40.6. The van der Waals surface area contributed by atoms with E-state index in [1.165, 1.54) is 24.1 Å². The molecule has 1 unspecified atom stereocenters. The number of pyridine rings is 1. The highest BCUT2D eigenvalue weighted by atomic mass is 19.1. The molecule has 1 N–H and O–H groups in total. The average Bonchev–Trinajstić information content (AvgIpc) is 3.35. The Balaban J connectivity index is 1.55. The molecule has 1 aliphatic heterocycles. The number of imidazole rings is 1. The van der Waals surface area contributed by atoms with Gasteiger partial charge in [0, 0.05) is 30.4 Å². The molecule has 3 heterocycles. The van der Waals surface area contributed by atoms with Gasteiger partial charge in [-0.15, -0.1) is 0 Å². The zero-order valence-corrected chi connectivity index (χ0v) is 17.5. The average molecular weight is 440 g/mol. The third-order valence-corrected chi connectivity index (χ3v) is 4.96. The number of ether oxygens (including phenoxy) is 2. The maximum atomic E-state index is 15.0. The molecule has 0 radical (unpaired) electrons. The molecule has 32 heavy (non-hydrogen) atoms. The summed E-state index contributed by atoms with van der Waals surface area (Å²) in [7, 11) is 0. The van der Waals surface area contributed by atoms with E-state index in [-0.39, 0.29) is 31.3 Å². The van der Waals surface area contributed by atoms with Gasteiger partial charge < -0.3 is 19.2 Å². The van der Waals surface area contributed by atoms with Crippen LogP contribution in [-0.2, 0) is 14.3 Å². The molecule has 0 aliphatic carbocycles. The largest absolute Gasteiger partial charge is 0.461 e. The lowest BCUT2D eigenvalue weighted by Gasteiger charge is -2.14. The second-order valence-corrected chi connectivity index (χ2v) is 7.25. The van der Waals surface area contributed by atoms with E-state index < -0.39 is 24.0 Å². The molecule has 3 aromatic rings. The molecular weight excluding hydrogens is 419 g/mol. The number of nitrogens with zero attached hydrogens (tertiary/aromatic N) is 3. The fraction of sp³-hybridized carbons (Fsp3) is 0.273. The first kappa shape index (κ1) is 21.3. The number of cyclic esters (lactones) is 1. The Morgan fingerprint density at radius 1 is 1.28 bits per heavy atom. The van der Waals surface area contributed by atoms with Crippen molar-refractivity contribution in [3.63, 3.8) is 0 Å². The number of esters is 1. The minimum Gasteiger partial charge on any atom is -0.461 e. The lowest BCUT2D eigenvalue weighted by atomic mass is 10.1. The van der Waals surface area contributed by atoms with Gasteiger partial charge in [0.25, 0.3) is 0 Å². The van der Waals surface area contributed by atoms with E-state index in [4.69, 9.17) is 9.47 Å². The molecular formula is C22H21FN4O5. The number of benzene rings is 1. The highest BCUT2D eigenvalue weighted by Gasteiger charge is 2.32. The van der Waals surface area contributed by atoms with Crippen molar-refractivity contribution >= 4 is 29.3 Å². The third-order valence-electron chi connectivity index (χ3n) is 4.96. The summed E-state index contributed by atoms with van der Waals surface area (Å²) >= 11 is 0. The zero-order chi connectivity index (χ0) is 22.8. The van der Waals surface area contributed by atoms with Crippen LogP contribution in [0.25, 0.3) is 16.8 Å². The smallest absolute Gasteiger partial charge is 0.414 e. The Morgan fingerprint density at radius 2 is 2.09 bits per heavy atom. The number of amides is 2. The van der Waals surface area contributed by atoms with Crippen LogP contribution in [0.3, 0.4) is 0 Å². The number of hydrogen-bond acceptors (Lipinski definition) is 6. The van der Waals surface area contributed by atoms with Crippen molar-refractivity contribution in [1.29, 1.82) is 0 Å². The van der Waals surface area contributed by atoms with Crippen molar-refractivity contribution in [1.82, 2.24) is 14.7 Å². The summed E-state index contributed by atoms with van der Waals surface area (Å²) < 4.78 is 26.8. The predicted molar refractivity (Wildman–Crippen MR) is 113 cm³/mol. The monoisotopic (exact) mass is 440 g/mol. The fourth-order valence-electron chi connectivity index (χ4n) is 3.46. The summed E-state index contributed by atoms with van der Waals surface area (Å²) in [5, 5.41) is 2.60. The van der Waals surface area contributed by atoms with Gasteiger partial charge in [0.05, 0.1) is 25.4 Å². The normalized spacial score (nSPS) is 15.7. The van der Waals surface area contributed by atoms with Crippen molar-refractivity contribution in [3.05, 3.63) is 54.2 Å².